The molecule has 420 valence electrons. The van der Waals surface area contributed by atoms with Crippen LogP contribution in [-0.2, 0) is 72.4 Å². The largest absolute Gasteiger partial charge is 0.394 e. The number of aliphatic hydroxyl groups excluding tert-OH is 12. The first kappa shape index (κ1) is 54.8. The number of rotatable bonds is 21. The molecule has 0 spiro atoms. The van der Waals surface area contributed by atoms with E-state index >= 15 is 0 Å². The number of hydrogen-bond donors (Lipinski definition) is 12. The standard InChI is InChI=1S/C45H57N15O18/c61-16-25-31(64)34(67)37(70)40(73-25)43-46-28(76-52-43)4-1-22-13-58(55-49-22)10-19-7-20(11-59-14-23(50-56-59)2-5-29-47-44(53-77-29)41-38(71)35(68)32(65)26(17-62)74-41)9-21(8-19)12-60-15-24(51-57-60)3-6-30-48-45(54-78-30)42-39(72)36(69)33(66)27(18-63)75-42/h7-9,13-15,25-27,31-42,61-72H,1-6,10-12,16-18H2/t25-,26-,27-,31-,32-,33-,34+,35+,36+,37-,38-,39-,40-,41-,42-/m1/s1. The van der Waals surface area contributed by atoms with E-state index in [1.807, 2.05) is 18.2 Å². The van der Waals surface area contributed by atoms with E-state index in [-0.39, 0.29) is 54.4 Å². The Hall–Kier alpha value is -6.54. The second kappa shape index (κ2) is 23.8. The first-order chi connectivity index (χ1) is 37.6. The van der Waals surface area contributed by atoms with Crippen LogP contribution >= 0.6 is 0 Å². The van der Waals surface area contributed by atoms with Gasteiger partial charge in [-0.1, -0.05) is 49.3 Å². The molecule has 15 atom stereocenters. The van der Waals surface area contributed by atoms with Crippen LogP contribution in [0.5, 0.6) is 0 Å². The summed E-state index contributed by atoms with van der Waals surface area (Å²) in [4.78, 5) is 12.9. The third-order valence-corrected chi connectivity index (χ3v) is 13.6. The van der Waals surface area contributed by atoms with E-state index in [9.17, 15) is 61.3 Å². The third kappa shape index (κ3) is 12.0. The van der Waals surface area contributed by atoms with Gasteiger partial charge in [0.05, 0.1) is 56.5 Å². The zero-order valence-electron chi connectivity index (χ0n) is 41.1. The molecule has 33 nitrogen and oxygen atoms in total. The molecule has 0 aliphatic carbocycles. The van der Waals surface area contributed by atoms with E-state index in [4.69, 9.17) is 27.8 Å². The minimum Gasteiger partial charge on any atom is -0.394 e. The van der Waals surface area contributed by atoms with E-state index in [0.717, 1.165) is 16.7 Å². The van der Waals surface area contributed by atoms with Crippen molar-refractivity contribution < 1.29 is 89.1 Å². The first-order valence-corrected chi connectivity index (χ1v) is 24.8. The lowest BCUT2D eigenvalue weighted by atomic mass is 9.95. The quantitative estimate of drug-likeness (QED) is 0.0318. The lowest BCUT2D eigenvalue weighted by Gasteiger charge is -2.38. The van der Waals surface area contributed by atoms with Crippen molar-refractivity contribution in [1.29, 1.82) is 0 Å². The molecule has 6 aromatic heterocycles. The molecule has 7 aromatic rings. The monoisotopic (exact) mass is 1100 g/mol. The van der Waals surface area contributed by atoms with Crippen molar-refractivity contribution in [3.63, 3.8) is 0 Å². The summed E-state index contributed by atoms with van der Waals surface area (Å²) in [5, 5.41) is 159. The van der Waals surface area contributed by atoms with E-state index in [1.165, 1.54) is 0 Å². The molecule has 3 aliphatic rings. The molecule has 0 unspecified atom stereocenters. The van der Waals surface area contributed by atoms with Crippen LogP contribution in [0.4, 0.5) is 0 Å². The molecule has 0 bridgehead atoms. The molecule has 0 amide bonds. The van der Waals surface area contributed by atoms with Gasteiger partial charge in [0.1, 0.15) is 91.6 Å². The van der Waals surface area contributed by atoms with Gasteiger partial charge in [0.25, 0.3) is 0 Å². The summed E-state index contributed by atoms with van der Waals surface area (Å²) in [7, 11) is 0. The molecule has 0 radical (unpaired) electrons. The molecular weight excluding hydrogens is 1040 g/mol. The summed E-state index contributed by atoms with van der Waals surface area (Å²) < 4.78 is 37.7. The molecule has 3 aliphatic heterocycles. The Morgan fingerprint density at radius 1 is 0.372 bits per heavy atom. The molecule has 9 heterocycles. The zero-order valence-corrected chi connectivity index (χ0v) is 41.1. The number of aromatic nitrogens is 15. The van der Waals surface area contributed by atoms with Gasteiger partial charge in [-0.05, 0) is 16.7 Å². The summed E-state index contributed by atoms with van der Waals surface area (Å²) in [6.45, 7) is -0.928. The van der Waals surface area contributed by atoms with Crippen LogP contribution in [0.25, 0.3) is 0 Å². The lowest BCUT2D eigenvalue weighted by Crippen LogP contribution is -2.55. The van der Waals surface area contributed by atoms with Gasteiger partial charge in [0.2, 0.25) is 35.1 Å². The molecule has 10 rings (SSSR count). The van der Waals surface area contributed by atoms with Gasteiger partial charge in [0.15, 0.2) is 0 Å². The van der Waals surface area contributed by atoms with Gasteiger partial charge in [0, 0.05) is 57.1 Å². The number of aliphatic hydroxyl groups is 12. The predicted octanol–water partition coefficient (Wildman–Crippen LogP) is -6.34. The summed E-state index contributed by atoms with van der Waals surface area (Å²) in [5.41, 5.74) is 4.33. The second-order valence-corrected chi connectivity index (χ2v) is 19.3. The Morgan fingerprint density at radius 2 is 0.654 bits per heavy atom. The summed E-state index contributed by atoms with van der Waals surface area (Å²) in [6.07, 6.45) is -14.3. The van der Waals surface area contributed by atoms with Gasteiger partial charge >= 0.3 is 0 Å². The minimum absolute atomic E-state index is 0.0600. The smallest absolute Gasteiger partial charge is 0.227 e. The maximum absolute atomic E-state index is 10.5. The Bertz CT molecular complexity index is 2720. The van der Waals surface area contributed by atoms with Gasteiger partial charge in [-0.15, -0.1) is 15.3 Å². The Kier molecular flexibility index (Phi) is 16.7. The van der Waals surface area contributed by atoms with Crippen molar-refractivity contribution in [1.82, 2.24) is 75.4 Å². The molecule has 3 fully saturated rings. The minimum atomic E-state index is -1.60. The van der Waals surface area contributed by atoms with Crippen molar-refractivity contribution in [2.75, 3.05) is 19.8 Å². The van der Waals surface area contributed by atoms with Crippen molar-refractivity contribution in [2.24, 2.45) is 0 Å². The maximum Gasteiger partial charge on any atom is 0.227 e. The Balaban J connectivity index is 0.800. The maximum atomic E-state index is 10.5. The van der Waals surface area contributed by atoms with Crippen LogP contribution in [0.3, 0.4) is 0 Å². The third-order valence-electron chi connectivity index (χ3n) is 13.6. The Labute approximate surface area is 438 Å². The topological polar surface area (TPSA) is 479 Å². The van der Waals surface area contributed by atoms with Crippen LogP contribution in [0, 0.1) is 0 Å². The van der Waals surface area contributed by atoms with Crippen molar-refractivity contribution in [3.8, 4) is 0 Å². The van der Waals surface area contributed by atoms with Gasteiger partial charge in [-0.25, -0.2) is 14.0 Å². The van der Waals surface area contributed by atoms with Crippen molar-refractivity contribution >= 4 is 0 Å². The van der Waals surface area contributed by atoms with Gasteiger partial charge in [-0.2, -0.15) is 15.0 Å². The van der Waals surface area contributed by atoms with Crippen LogP contribution in [0.2, 0.25) is 0 Å². The Morgan fingerprint density at radius 3 is 0.923 bits per heavy atom. The van der Waals surface area contributed by atoms with Gasteiger partial charge in [-0.3, -0.25) is 0 Å². The van der Waals surface area contributed by atoms with E-state index in [1.54, 1.807) is 32.6 Å². The summed E-state index contributed by atoms with van der Waals surface area (Å²) in [5.74, 6) is 0.383. The summed E-state index contributed by atoms with van der Waals surface area (Å²) >= 11 is 0. The molecule has 3 saturated heterocycles. The summed E-state index contributed by atoms with van der Waals surface area (Å²) in [6, 6.07) is 5.96. The average Bonchev–Trinajstić information content (AvgIpc) is 4.39. The molecule has 78 heavy (non-hydrogen) atoms. The van der Waals surface area contributed by atoms with Crippen molar-refractivity contribution in [3.05, 3.63) is 106 Å². The number of benzene rings is 1. The van der Waals surface area contributed by atoms with Crippen LogP contribution < -0.4 is 0 Å². The zero-order chi connectivity index (χ0) is 54.8. The lowest BCUT2D eigenvalue weighted by molar-refractivity contribution is -0.233. The van der Waals surface area contributed by atoms with E-state index in [0.29, 0.717) is 56.0 Å². The van der Waals surface area contributed by atoms with Crippen LogP contribution in [-0.4, -0.2) is 230 Å². The van der Waals surface area contributed by atoms with E-state index in [2.05, 4.69) is 61.4 Å². The highest BCUT2D eigenvalue weighted by atomic mass is 16.6. The van der Waals surface area contributed by atoms with Crippen molar-refractivity contribution in [2.45, 2.75) is 150 Å². The molecule has 0 saturated carbocycles. The molecule has 33 heteroatoms. The average molecular weight is 1100 g/mol. The van der Waals surface area contributed by atoms with Crippen LogP contribution in [0.15, 0.2) is 50.4 Å². The first-order valence-electron chi connectivity index (χ1n) is 24.8. The number of nitrogens with zero attached hydrogens (tertiary/aromatic N) is 15. The fourth-order valence-corrected chi connectivity index (χ4v) is 9.37. The molecule has 12 N–H and O–H groups in total. The number of hydrogen-bond acceptors (Lipinski definition) is 30. The SMILES string of the molecule is OC[C@H]1O[C@@H](c2noc(CCc3cn(Cc4cc(Cn5cc(CCc6nc([C@@H]7O[C@H](CO)[C@@H](O)[C@H](O)[C@H]7O)no6)nn5)cc(Cn5cc(CCc6nc([C@@H]7O[C@H](CO)[C@@H](O)[C@H](O)[C@H]7O)no6)nn5)c4)nn3)n2)[C@H](O)[C@@H](O)[C@@H]1O. The fraction of sp³-hybridized carbons (Fsp3) is 0.600. The number of aryl methyl sites for hydroxylation is 6. The van der Waals surface area contributed by atoms with E-state index < -0.39 is 111 Å². The second-order valence-electron chi connectivity index (χ2n) is 19.3. The highest BCUT2D eigenvalue weighted by Crippen LogP contribution is 2.34. The fourth-order valence-electron chi connectivity index (χ4n) is 9.37. The highest BCUT2D eigenvalue weighted by molar-refractivity contribution is 5.31. The molecular formula is C45H57N15O18. The highest BCUT2D eigenvalue weighted by Gasteiger charge is 2.48. The normalized spacial score (nSPS) is 29.6. The predicted molar refractivity (Wildman–Crippen MR) is 247 cm³/mol. The number of ether oxygens (including phenoxy) is 3. The molecule has 1 aromatic carbocycles. The van der Waals surface area contributed by atoms with Gasteiger partial charge < -0.3 is 89.1 Å². The van der Waals surface area contributed by atoms with Crippen LogP contribution in [0.1, 0.15) is 87.2 Å².